The summed E-state index contributed by atoms with van der Waals surface area (Å²) in [7, 11) is -3.88. The molecule has 2 aromatic rings. The molecule has 3 N–H and O–H groups in total. The predicted octanol–water partition coefficient (Wildman–Crippen LogP) is 1.88. The van der Waals surface area contributed by atoms with Crippen molar-refractivity contribution in [2.24, 2.45) is 0 Å². The summed E-state index contributed by atoms with van der Waals surface area (Å²) in [5.74, 6) is -1.31. The number of carbonyl (C=O) groups excluding carboxylic acids is 1. The Morgan fingerprint density at radius 2 is 1.84 bits per heavy atom. The zero-order chi connectivity index (χ0) is 18.4. The number of hydrogen-bond donors (Lipinski definition) is 3. The second-order valence-electron chi connectivity index (χ2n) is 5.31. The third-order valence-corrected chi connectivity index (χ3v) is 6.34. The Bertz CT molecular complexity index is 846. The molecule has 0 aliphatic heterocycles. The second kappa shape index (κ2) is 8.24. The SMILES string of the molecule is CC(=O)NCc1ccc(S(=O)(=O)NC(CC(=O)O)c2ccccc2)s1. The van der Waals surface area contributed by atoms with Gasteiger partial charge in [0, 0.05) is 11.8 Å². The van der Waals surface area contributed by atoms with Crippen molar-refractivity contribution in [1.82, 2.24) is 10.0 Å². The number of aliphatic carboxylic acids is 1. The van der Waals surface area contributed by atoms with Gasteiger partial charge >= 0.3 is 5.97 Å². The monoisotopic (exact) mass is 382 g/mol. The Morgan fingerprint density at radius 1 is 1.16 bits per heavy atom. The molecule has 1 unspecified atom stereocenters. The van der Waals surface area contributed by atoms with Crippen LogP contribution in [0.1, 0.15) is 29.8 Å². The molecule has 1 amide bonds. The van der Waals surface area contributed by atoms with Crippen molar-refractivity contribution in [2.45, 2.75) is 30.1 Å². The summed E-state index contributed by atoms with van der Waals surface area (Å²) in [5.41, 5.74) is 0.573. The van der Waals surface area contributed by atoms with E-state index in [1.54, 1.807) is 36.4 Å². The van der Waals surface area contributed by atoms with Crippen LogP contribution in [0, 0.1) is 0 Å². The standard InChI is InChI=1S/C16H18N2O5S2/c1-11(19)17-10-13-7-8-16(24-13)25(22,23)18-14(9-15(20)21)12-5-3-2-4-6-12/h2-8,14,18H,9-10H2,1H3,(H,17,19)(H,20,21). The lowest BCUT2D eigenvalue weighted by atomic mass is 10.1. The first-order valence-electron chi connectivity index (χ1n) is 7.40. The summed E-state index contributed by atoms with van der Waals surface area (Å²) < 4.78 is 27.7. The van der Waals surface area contributed by atoms with Gasteiger partial charge in [0.15, 0.2) is 0 Å². The fourth-order valence-electron chi connectivity index (χ4n) is 2.14. The molecule has 9 heteroatoms. The Hall–Kier alpha value is -2.23. The van der Waals surface area contributed by atoms with E-state index in [0.717, 1.165) is 11.3 Å². The highest BCUT2D eigenvalue weighted by molar-refractivity contribution is 7.91. The van der Waals surface area contributed by atoms with Gasteiger partial charge in [0.25, 0.3) is 10.0 Å². The van der Waals surface area contributed by atoms with Gasteiger partial charge in [-0.25, -0.2) is 13.1 Å². The van der Waals surface area contributed by atoms with Gasteiger partial charge in [0.05, 0.1) is 19.0 Å². The van der Waals surface area contributed by atoms with E-state index in [1.165, 1.54) is 13.0 Å². The molecule has 0 bridgehead atoms. The third-order valence-electron chi connectivity index (χ3n) is 3.29. The molecule has 0 saturated heterocycles. The molecule has 0 fully saturated rings. The number of amides is 1. The zero-order valence-corrected chi connectivity index (χ0v) is 15.1. The van der Waals surface area contributed by atoms with E-state index in [4.69, 9.17) is 5.11 Å². The number of thiophene rings is 1. The summed E-state index contributed by atoms with van der Waals surface area (Å²) in [4.78, 5) is 22.7. The third kappa shape index (κ3) is 5.66. The van der Waals surface area contributed by atoms with E-state index >= 15 is 0 Å². The fourth-order valence-corrected chi connectivity index (χ4v) is 4.68. The van der Waals surface area contributed by atoms with Crippen LogP contribution in [0.15, 0.2) is 46.7 Å². The molecule has 2 rings (SSSR count). The predicted molar refractivity (Wildman–Crippen MR) is 93.6 cm³/mol. The Labute approximate surface area is 149 Å². The van der Waals surface area contributed by atoms with Gasteiger partial charge < -0.3 is 10.4 Å². The number of carbonyl (C=O) groups is 2. The fraction of sp³-hybridized carbons (Fsp3) is 0.250. The minimum absolute atomic E-state index is 0.0687. The Balaban J connectivity index is 2.19. The van der Waals surface area contributed by atoms with Crippen molar-refractivity contribution >= 4 is 33.2 Å². The topological polar surface area (TPSA) is 113 Å². The van der Waals surface area contributed by atoms with Crippen molar-refractivity contribution in [1.29, 1.82) is 0 Å². The van der Waals surface area contributed by atoms with Crippen molar-refractivity contribution in [3.05, 3.63) is 52.9 Å². The molecule has 7 nitrogen and oxygen atoms in total. The molecule has 0 spiro atoms. The minimum atomic E-state index is -3.88. The van der Waals surface area contributed by atoms with Crippen molar-refractivity contribution in [3.8, 4) is 0 Å². The lowest BCUT2D eigenvalue weighted by molar-refractivity contribution is -0.137. The molecule has 0 saturated carbocycles. The van der Waals surface area contributed by atoms with Crippen LogP contribution in [0.2, 0.25) is 0 Å². The van der Waals surface area contributed by atoms with Crippen LogP contribution in [0.4, 0.5) is 0 Å². The molecular formula is C16H18N2O5S2. The first-order valence-corrected chi connectivity index (χ1v) is 9.70. The Morgan fingerprint density at radius 3 is 2.44 bits per heavy atom. The first-order chi connectivity index (χ1) is 11.8. The number of sulfonamides is 1. The van der Waals surface area contributed by atoms with Crippen molar-refractivity contribution < 1.29 is 23.1 Å². The van der Waals surface area contributed by atoms with E-state index in [9.17, 15) is 18.0 Å². The van der Waals surface area contributed by atoms with Crippen LogP contribution >= 0.6 is 11.3 Å². The quantitative estimate of drug-likeness (QED) is 0.645. The molecular weight excluding hydrogens is 364 g/mol. The smallest absolute Gasteiger partial charge is 0.305 e. The summed E-state index contributed by atoms with van der Waals surface area (Å²) >= 11 is 1.03. The van der Waals surface area contributed by atoms with Gasteiger partial charge in [-0.1, -0.05) is 30.3 Å². The highest BCUT2D eigenvalue weighted by Gasteiger charge is 2.24. The Kier molecular flexibility index (Phi) is 6.29. The van der Waals surface area contributed by atoms with Crippen molar-refractivity contribution in [2.75, 3.05) is 0 Å². The maximum absolute atomic E-state index is 12.6. The zero-order valence-electron chi connectivity index (χ0n) is 13.4. The average Bonchev–Trinajstić information content (AvgIpc) is 3.02. The average molecular weight is 382 g/mol. The van der Waals surface area contributed by atoms with E-state index in [0.29, 0.717) is 10.4 Å². The van der Waals surface area contributed by atoms with Gasteiger partial charge in [-0.2, -0.15) is 0 Å². The lowest BCUT2D eigenvalue weighted by Crippen LogP contribution is -2.29. The molecule has 134 valence electrons. The van der Waals surface area contributed by atoms with Crippen LogP contribution in [0.5, 0.6) is 0 Å². The number of benzene rings is 1. The normalized spacial score (nSPS) is 12.5. The van der Waals surface area contributed by atoms with E-state index in [2.05, 4.69) is 10.0 Å². The van der Waals surface area contributed by atoms with Crippen LogP contribution < -0.4 is 10.0 Å². The van der Waals surface area contributed by atoms with Crippen LogP contribution in [0.3, 0.4) is 0 Å². The second-order valence-corrected chi connectivity index (χ2v) is 8.42. The number of carboxylic acids is 1. The molecule has 1 aromatic heterocycles. The molecule has 0 radical (unpaired) electrons. The number of carboxylic acid groups (broad SMARTS) is 1. The summed E-state index contributed by atoms with van der Waals surface area (Å²) in [6.07, 6.45) is -0.368. The molecule has 0 aliphatic carbocycles. The first kappa shape index (κ1) is 19.1. The van der Waals surface area contributed by atoms with Gasteiger partial charge in [0.2, 0.25) is 5.91 Å². The van der Waals surface area contributed by atoms with Gasteiger partial charge in [-0.05, 0) is 17.7 Å². The van der Waals surface area contributed by atoms with E-state index in [-0.39, 0.29) is 23.1 Å². The summed E-state index contributed by atoms with van der Waals surface area (Å²) in [5, 5.41) is 11.7. The molecule has 1 atom stereocenters. The lowest BCUT2D eigenvalue weighted by Gasteiger charge is -2.16. The van der Waals surface area contributed by atoms with Crippen LogP contribution in [0.25, 0.3) is 0 Å². The highest BCUT2D eigenvalue weighted by atomic mass is 32.2. The molecule has 1 aromatic carbocycles. The molecule has 1 heterocycles. The van der Waals surface area contributed by atoms with Crippen LogP contribution in [-0.2, 0) is 26.2 Å². The molecule has 0 aliphatic rings. The number of nitrogens with one attached hydrogen (secondary N) is 2. The summed E-state index contributed by atoms with van der Waals surface area (Å²) in [6.45, 7) is 1.62. The highest BCUT2D eigenvalue weighted by Crippen LogP contribution is 2.25. The number of rotatable bonds is 8. The maximum Gasteiger partial charge on any atom is 0.305 e. The van der Waals surface area contributed by atoms with E-state index in [1.807, 2.05) is 0 Å². The van der Waals surface area contributed by atoms with Gasteiger partial charge in [0.1, 0.15) is 4.21 Å². The summed E-state index contributed by atoms with van der Waals surface area (Å²) in [6, 6.07) is 10.7. The van der Waals surface area contributed by atoms with Crippen molar-refractivity contribution in [3.63, 3.8) is 0 Å². The minimum Gasteiger partial charge on any atom is -0.481 e. The van der Waals surface area contributed by atoms with Gasteiger partial charge in [-0.15, -0.1) is 11.3 Å². The van der Waals surface area contributed by atoms with Gasteiger partial charge in [-0.3, -0.25) is 9.59 Å². The largest absolute Gasteiger partial charge is 0.481 e. The van der Waals surface area contributed by atoms with E-state index < -0.39 is 22.0 Å². The van der Waals surface area contributed by atoms with Crippen LogP contribution in [-0.4, -0.2) is 25.4 Å². The maximum atomic E-state index is 12.6. The number of hydrogen-bond acceptors (Lipinski definition) is 5. The molecule has 25 heavy (non-hydrogen) atoms.